The van der Waals surface area contributed by atoms with Crippen molar-refractivity contribution in [3.63, 3.8) is 0 Å². The van der Waals surface area contributed by atoms with E-state index in [0.29, 0.717) is 32.1 Å². The van der Waals surface area contributed by atoms with Crippen LogP contribution in [-0.4, -0.2) is 93.5 Å². The Kier molecular flexibility index (Phi) is 31.6. The minimum absolute atomic E-state index is 0.0165. The average molecular weight is 860 g/mol. The number of carbonyl (C=O) groups is 3. The maximum absolute atomic E-state index is 12.7. The van der Waals surface area contributed by atoms with Crippen LogP contribution in [0.4, 0.5) is 0 Å². The fourth-order valence-electron chi connectivity index (χ4n) is 6.82. The van der Waals surface area contributed by atoms with Crippen LogP contribution in [0.3, 0.4) is 0 Å². The van der Waals surface area contributed by atoms with Crippen molar-refractivity contribution in [1.29, 1.82) is 0 Å². The van der Waals surface area contributed by atoms with E-state index in [1.54, 1.807) is 6.08 Å². The molecule has 1 aliphatic carbocycles. The molecular formula is C44H78NO13P. The van der Waals surface area contributed by atoms with Crippen molar-refractivity contribution in [2.24, 2.45) is 17.6 Å². The van der Waals surface area contributed by atoms with Crippen molar-refractivity contribution < 1.29 is 62.8 Å². The van der Waals surface area contributed by atoms with Crippen LogP contribution in [0.25, 0.3) is 0 Å². The molecule has 0 aromatic heterocycles. The van der Waals surface area contributed by atoms with Crippen LogP contribution in [0.5, 0.6) is 0 Å². The minimum Gasteiger partial charge on any atom is -0.480 e. The van der Waals surface area contributed by atoms with Crippen LogP contribution in [-0.2, 0) is 37.5 Å². The predicted molar refractivity (Wildman–Crippen MR) is 228 cm³/mol. The van der Waals surface area contributed by atoms with Crippen LogP contribution in [0.2, 0.25) is 0 Å². The van der Waals surface area contributed by atoms with E-state index in [-0.39, 0.29) is 31.1 Å². The summed E-state index contributed by atoms with van der Waals surface area (Å²) in [6.45, 7) is 2.43. The van der Waals surface area contributed by atoms with E-state index in [1.165, 1.54) is 44.9 Å². The fourth-order valence-corrected chi connectivity index (χ4v) is 7.60. The Bertz CT molecular complexity index is 1260. The average Bonchev–Trinajstić information content (AvgIpc) is 3.47. The molecule has 0 spiro atoms. The first-order chi connectivity index (χ1) is 28.3. The van der Waals surface area contributed by atoms with E-state index in [9.17, 15) is 39.2 Å². The third-order valence-corrected chi connectivity index (χ3v) is 11.4. The lowest BCUT2D eigenvalue weighted by Gasteiger charge is -2.20. The number of nitrogens with two attached hydrogens (primary N) is 1. The molecule has 7 N–H and O–H groups in total. The quantitative estimate of drug-likeness (QED) is 0.0150. The number of carbonyl (C=O) groups excluding carboxylic acids is 2. The number of hydrogen-bond donors (Lipinski definition) is 6. The highest BCUT2D eigenvalue weighted by molar-refractivity contribution is 7.47. The van der Waals surface area contributed by atoms with Crippen LogP contribution >= 0.6 is 7.82 Å². The highest BCUT2D eigenvalue weighted by Crippen LogP contribution is 2.43. The van der Waals surface area contributed by atoms with Crippen molar-refractivity contribution in [2.45, 2.75) is 192 Å². The van der Waals surface area contributed by atoms with E-state index >= 15 is 0 Å². The zero-order valence-corrected chi connectivity index (χ0v) is 36.8. The van der Waals surface area contributed by atoms with Gasteiger partial charge in [-0.1, -0.05) is 121 Å². The van der Waals surface area contributed by atoms with Crippen molar-refractivity contribution in [3.8, 4) is 0 Å². The first-order valence-electron chi connectivity index (χ1n) is 22.3. The molecule has 15 heteroatoms. The van der Waals surface area contributed by atoms with Crippen molar-refractivity contribution in [3.05, 3.63) is 36.5 Å². The van der Waals surface area contributed by atoms with E-state index in [0.717, 1.165) is 51.4 Å². The van der Waals surface area contributed by atoms with Gasteiger partial charge in [0.15, 0.2) is 6.10 Å². The number of phosphoric acid groups is 1. The summed E-state index contributed by atoms with van der Waals surface area (Å²) >= 11 is 0. The Hall–Kier alpha value is -2.42. The molecule has 0 aliphatic heterocycles. The number of esters is 2. The molecule has 0 amide bonds. The Morgan fingerprint density at radius 2 is 1.29 bits per heavy atom. The molecule has 14 nitrogen and oxygen atoms in total. The molecule has 0 saturated heterocycles. The summed E-state index contributed by atoms with van der Waals surface area (Å²) in [4.78, 5) is 46.2. The highest BCUT2D eigenvalue weighted by Gasteiger charge is 2.39. The second-order valence-corrected chi connectivity index (χ2v) is 17.2. The maximum atomic E-state index is 12.7. The molecule has 59 heavy (non-hydrogen) atoms. The van der Waals surface area contributed by atoms with Crippen LogP contribution in [0.15, 0.2) is 36.5 Å². The second-order valence-electron chi connectivity index (χ2n) is 15.8. The smallest absolute Gasteiger partial charge is 0.472 e. The molecule has 1 rings (SSSR count). The normalized spacial score (nSPS) is 20.9. The number of aliphatic hydroxyl groups is 3. The number of aliphatic hydroxyl groups excluding tert-OH is 3. The summed E-state index contributed by atoms with van der Waals surface area (Å²) in [5.41, 5.74) is 5.33. The lowest BCUT2D eigenvalue weighted by molar-refractivity contribution is -0.161. The highest BCUT2D eigenvalue weighted by atomic mass is 31.2. The summed E-state index contributed by atoms with van der Waals surface area (Å²) in [5.74, 6) is -3.09. The number of carboxylic acids is 1. The fraction of sp³-hybridized carbons (Fsp3) is 0.795. The second kappa shape index (κ2) is 34.2. The lowest BCUT2D eigenvalue weighted by Crippen LogP contribution is -2.34. The summed E-state index contributed by atoms with van der Waals surface area (Å²) in [6, 6.07) is -1.56. The van der Waals surface area contributed by atoms with Gasteiger partial charge in [-0.25, -0.2) is 4.57 Å². The summed E-state index contributed by atoms with van der Waals surface area (Å²) in [6.07, 6.45) is 28.7. The summed E-state index contributed by atoms with van der Waals surface area (Å²) < 4.78 is 32.7. The van der Waals surface area contributed by atoms with Gasteiger partial charge in [-0.3, -0.25) is 23.4 Å². The van der Waals surface area contributed by atoms with Gasteiger partial charge in [0.05, 0.1) is 31.5 Å². The number of carboxylic acid groups (broad SMARTS) is 1. The maximum Gasteiger partial charge on any atom is 0.472 e. The lowest BCUT2D eigenvalue weighted by atomic mass is 9.89. The number of unbranched alkanes of at least 4 members (excludes halogenated alkanes) is 14. The van der Waals surface area contributed by atoms with Crippen molar-refractivity contribution in [2.75, 3.05) is 19.8 Å². The van der Waals surface area contributed by atoms with Gasteiger partial charge < -0.3 is 40.5 Å². The van der Waals surface area contributed by atoms with E-state index < -0.39 is 76.0 Å². The Morgan fingerprint density at radius 1 is 0.729 bits per heavy atom. The molecule has 1 aliphatic rings. The van der Waals surface area contributed by atoms with Crippen molar-refractivity contribution >= 4 is 25.7 Å². The number of rotatable bonds is 37. The van der Waals surface area contributed by atoms with Gasteiger partial charge in [0, 0.05) is 25.2 Å². The molecule has 0 aromatic rings. The molecule has 0 aromatic carbocycles. The van der Waals surface area contributed by atoms with E-state index in [2.05, 4.69) is 30.5 Å². The van der Waals surface area contributed by atoms with Gasteiger partial charge in [-0.05, 0) is 63.7 Å². The van der Waals surface area contributed by atoms with E-state index in [4.69, 9.17) is 24.8 Å². The topological polar surface area (TPSA) is 232 Å². The third-order valence-electron chi connectivity index (χ3n) is 10.4. The molecule has 1 saturated carbocycles. The first-order valence-corrected chi connectivity index (χ1v) is 23.8. The van der Waals surface area contributed by atoms with Gasteiger partial charge in [0.2, 0.25) is 0 Å². The number of hydrogen-bond acceptors (Lipinski definition) is 12. The van der Waals surface area contributed by atoms with Crippen LogP contribution in [0, 0.1) is 11.8 Å². The Balaban J connectivity index is 2.51. The van der Waals surface area contributed by atoms with Crippen LogP contribution in [0.1, 0.15) is 162 Å². The Labute approximate surface area is 353 Å². The number of allylic oxidation sites excluding steroid dienone is 4. The standard InChI is InChI=1S/C44H78NO13P/c1-3-5-7-8-9-10-11-12-13-14-15-16-17-18-23-27-42(49)55-32-36(33-56-59(53,54)57-34-39(45)44(51)52)58-43(50)28-24-20-19-22-26-37-38(41(48)31-40(37)47)30-29-35(46)25-21-6-4-2/h10-11,19,22,29-30,35-41,46-48H,3-9,12-18,20-21,23-28,31-34,45H2,1-2H3,(H,51,52)(H,53,54)/b11-10-,22-19+,30-29+/t35-,36+,37+,38+,39-,40-,41+/m0/s1. The largest absolute Gasteiger partial charge is 0.480 e. The first kappa shape index (κ1) is 54.6. The zero-order valence-electron chi connectivity index (χ0n) is 35.9. The molecule has 1 unspecified atom stereocenters. The predicted octanol–water partition coefficient (Wildman–Crippen LogP) is 8.00. The summed E-state index contributed by atoms with van der Waals surface area (Å²) in [7, 11) is -4.79. The molecular weight excluding hydrogens is 781 g/mol. The number of aliphatic carboxylic acids is 1. The van der Waals surface area contributed by atoms with Gasteiger partial charge in [0.1, 0.15) is 12.6 Å². The zero-order chi connectivity index (χ0) is 43.7. The van der Waals surface area contributed by atoms with Gasteiger partial charge in [-0.2, -0.15) is 0 Å². The minimum atomic E-state index is -4.79. The molecule has 342 valence electrons. The van der Waals surface area contributed by atoms with E-state index in [1.807, 2.05) is 18.2 Å². The molecule has 0 bridgehead atoms. The van der Waals surface area contributed by atoms with Gasteiger partial charge in [-0.15, -0.1) is 0 Å². The van der Waals surface area contributed by atoms with Gasteiger partial charge in [0.25, 0.3) is 0 Å². The van der Waals surface area contributed by atoms with Crippen LogP contribution < -0.4 is 5.73 Å². The Morgan fingerprint density at radius 3 is 1.95 bits per heavy atom. The van der Waals surface area contributed by atoms with Gasteiger partial charge >= 0.3 is 25.7 Å². The molecule has 1 fully saturated rings. The SMILES string of the molecule is CCCCCC/C=C\CCCCCCCCCC(=O)OC[C@H](COP(=O)(O)OC[C@H](N)C(=O)O)OC(=O)CCC/C=C/C[C@@H]1[C@@H](/C=C/[C@@H](O)CCCCC)[C@H](O)C[C@@H]1O. The monoisotopic (exact) mass is 860 g/mol. The molecule has 8 atom stereocenters. The number of ether oxygens (including phenoxy) is 2. The van der Waals surface area contributed by atoms with Crippen molar-refractivity contribution in [1.82, 2.24) is 0 Å². The summed E-state index contributed by atoms with van der Waals surface area (Å²) in [5, 5.41) is 40.2. The number of phosphoric ester groups is 1. The molecule has 0 radical (unpaired) electrons. The molecule has 0 heterocycles. The third kappa shape index (κ3) is 28.7.